The van der Waals surface area contributed by atoms with Crippen molar-refractivity contribution < 1.29 is 33.4 Å². The summed E-state index contributed by atoms with van der Waals surface area (Å²) in [6.07, 6.45) is 1.31. The molecule has 55 heavy (non-hydrogen) atoms. The van der Waals surface area contributed by atoms with E-state index in [1.807, 2.05) is 97.9 Å². The molecule has 0 aliphatic carbocycles. The van der Waals surface area contributed by atoms with E-state index in [1.165, 1.54) is 12.0 Å². The Bertz CT molecular complexity index is 2100. The second-order valence-electron chi connectivity index (χ2n) is 14.2. The zero-order valence-electron chi connectivity index (χ0n) is 32.0. The molecule has 11 nitrogen and oxygen atoms in total. The molecular formula is C44H48N4O7. The summed E-state index contributed by atoms with van der Waals surface area (Å²) in [5.41, 5.74) is 3.96. The Kier molecular flexibility index (Phi) is 13.6. The molecule has 0 saturated carbocycles. The lowest BCUT2D eigenvalue weighted by Gasteiger charge is -2.27. The largest absolute Gasteiger partial charge is 0.488 e. The van der Waals surface area contributed by atoms with E-state index in [0.29, 0.717) is 24.4 Å². The number of rotatable bonds is 15. The lowest BCUT2D eigenvalue weighted by molar-refractivity contribution is -0.141. The van der Waals surface area contributed by atoms with Crippen molar-refractivity contribution in [2.45, 2.75) is 65.2 Å². The molecular weight excluding hydrogens is 697 g/mol. The minimum absolute atomic E-state index is 0.0558. The van der Waals surface area contributed by atoms with Gasteiger partial charge in [-0.1, -0.05) is 84.9 Å². The molecule has 1 heterocycles. The molecule has 0 fully saturated rings. The number of nitrogens with one attached hydrogen (secondary N) is 2. The summed E-state index contributed by atoms with van der Waals surface area (Å²) >= 11 is 0. The van der Waals surface area contributed by atoms with Crippen LogP contribution in [0.4, 0.5) is 10.6 Å². The number of carbonyl (C=O) groups excluding carboxylic acids is 4. The van der Waals surface area contributed by atoms with Gasteiger partial charge in [0.2, 0.25) is 11.8 Å². The minimum Gasteiger partial charge on any atom is -0.488 e. The SMILES string of the molecule is COC(=O)C[C@H](NC(=O)CNC(=O)CCCN(C(=O)OC(C)(C)C)c1cc(C)ccn1)c1ccc(-c2cccc3c(OCc4ccccc4)cccc23)cc1. The second-order valence-corrected chi connectivity index (χ2v) is 14.2. The van der Waals surface area contributed by atoms with Crippen molar-refractivity contribution in [1.82, 2.24) is 15.6 Å². The summed E-state index contributed by atoms with van der Waals surface area (Å²) in [7, 11) is 1.29. The number of ether oxygens (including phenoxy) is 3. The topological polar surface area (TPSA) is 136 Å². The van der Waals surface area contributed by atoms with E-state index in [0.717, 1.165) is 38.8 Å². The number of hydrogen-bond donors (Lipinski definition) is 2. The molecule has 1 aromatic heterocycles. The molecule has 5 rings (SSSR count). The fourth-order valence-corrected chi connectivity index (χ4v) is 5.99. The summed E-state index contributed by atoms with van der Waals surface area (Å²) in [5.74, 6) is -0.117. The molecule has 0 saturated heterocycles. The van der Waals surface area contributed by atoms with Gasteiger partial charge >= 0.3 is 12.1 Å². The van der Waals surface area contributed by atoms with Gasteiger partial charge in [-0.3, -0.25) is 19.3 Å². The smallest absolute Gasteiger partial charge is 0.416 e. The first-order valence-electron chi connectivity index (χ1n) is 18.2. The van der Waals surface area contributed by atoms with Gasteiger partial charge < -0.3 is 24.8 Å². The maximum Gasteiger partial charge on any atom is 0.416 e. The van der Waals surface area contributed by atoms with E-state index in [4.69, 9.17) is 14.2 Å². The first kappa shape index (κ1) is 40.0. The van der Waals surface area contributed by atoms with E-state index in [1.54, 1.807) is 33.0 Å². The highest BCUT2D eigenvalue weighted by atomic mass is 16.6. The van der Waals surface area contributed by atoms with E-state index < -0.39 is 29.6 Å². The maximum atomic E-state index is 13.1. The molecule has 1 atom stereocenters. The molecule has 0 bridgehead atoms. The van der Waals surface area contributed by atoms with Crippen LogP contribution in [-0.4, -0.2) is 54.7 Å². The number of aromatic nitrogens is 1. The first-order chi connectivity index (χ1) is 26.4. The Balaban J connectivity index is 1.20. The number of pyridine rings is 1. The van der Waals surface area contributed by atoms with Crippen molar-refractivity contribution >= 4 is 40.5 Å². The number of anilines is 1. The Labute approximate surface area is 322 Å². The Hall–Kier alpha value is -6.23. The van der Waals surface area contributed by atoms with E-state index in [9.17, 15) is 19.2 Å². The van der Waals surface area contributed by atoms with Gasteiger partial charge in [-0.05, 0) is 85.5 Å². The summed E-state index contributed by atoms with van der Waals surface area (Å²) in [6.45, 7) is 7.58. The van der Waals surface area contributed by atoms with Crippen LogP contribution in [0.5, 0.6) is 5.75 Å². The van der Waals surface area contributed by atoms with Gasteiger partial charge in [0.25, 0.3) is 0 Å². The highest BCUT2D eigenvalue weighted by Gasteiger charge is 2.25. The van der Waals surface area contributed by atoms with Gasteiger partial charge in [0.15, 0.2) is 0 Å². The van der Waals surface area contributed by atoms with Crippen LogP contribution in [0.15, 0.2) is 109 Å². The van der Waals surface area contributed by atoms with E-state index in [-0.39, 0.29) is 31.8 Å². The minimum atomic E-state index is -0.711. The molecule has 0 aliphatic rings. The van der Waals surface area contributed by atoms with Gasteiger partial charge in [-0.2, -0.15) is 0 Å². The number of carbonyl (C=O) groups is 4. The number of hydrogen-bond acceptors (Lipinski definition) is 8. The van der Waals surface area contributed by atoms with Gasteiger partial charge in [0.1, 0.15) is 23.8 Å². The Morgan fingerprint density at radius 1 is 0.836 bits per heavy atom. The molecule has 286 valence electrons. The number of aryl methyl sites for hydroxylation is 1. The van der Waals surface area contributed by atoms with Crippen LogP contribution in [0, 0.1) is 6.92 Å². The maximum absolute atomic E-state index is 13.1. The molecule has 11 heteroatoms. The average molecular weight is 745 g/mol. The lowest BCUT2D eigenvalue weighted by atomic mass is 9.95. The quantitative estimate of drug-likeness (QED) is 0.104. The average Bonchev–Trinajstić information content (AvgIpc) is 3.17. The van der Waals surface area contributed by atoms with E-state index >= 15 is 0 Å². The van der Waals surface area contributed by atoms with Crippen molar-refractivity contribution in [2.75, 3.05) is 25.1 Å². The number of fused-ring (bicyclic) bond motifs is 1. The summed E-state index contributed by atoms with van der Waals surface area (Å²) in [6, 6.07) is 32.6. The molecule has 0 aliphatic heterocycles. The van der Waals surface area contributed by atoms with Gasteiger partial charge in [0, 0.05) is 24.5 Å². The zero-order valence-corrected chi connectivity index (χ0v) is 32.0. The standard InChI is InChI=1S/C44H48N4O7/c1-30-23-24-45-39(26-30)48(43(52)55-44(2,3)4)25-11-18-40(49)46-28-41(50)47-37(27-42(51)53-5)33-21-19-32(20-22-33)34-14-9-16-36-35(34)15-10-17-38(36)54-29-31-12-7-6-8-13-31/h6-10,12-17,19-24,26,37H,11,18,25,27-29H2,1-5H3,(H,46,49)(H,47,50)/t37-/m0/s1. The summed E-state index contributed by atoms with van der Waals surface area (Å²) < 4.78 is 16.7. The van der Waals surface area contributed by atoms with Crippen LogP contribution in [0.25, 0.3) is 21.9 Å². The molecule has 5 aromatic rings. The van der Waals surface area contributed by atoms with Crippen molar-refractivity contribution in [2.24, 2.45) is 0 Å². The summed E-state index contributed by atoms with van der Waals surface area (Å²) in [4.78, 5) is 56.9. The predicted octanol–water partition coefficient (Wildman–Crippen LogP) is 7.85. The first-order valence-corrected chi connectivity index (χ1v) is 18.2. The van der Waals surface area contributed by atoms with Crippen LogP contribution in [-0.2, 0) is 30.5 Å². The molecule has 0 spiro atoms. The molecule has 0 unspecified atom stereocenters. The number of benzene rings is 4. The normalized spacial score (nSPS) is 11.7. The van der Waals surface area contributed by atoms with Crippen LogP contribution in [0.2, 0.25) is 0 Å². The highest BCUT2D eigenvalue weighted by Crippen LogP contribution is 2.34. The van der Waals surface area contributed by atoms with Gasteiger partial charge in [-0.15, -0.1) is 0 Å². The Morgan fingerprint density at radius 3 is 2.27 bits per heavy atom. The van der Waals surface area contributed by atoms with Crippen LogP contribution in [0.1, 0.15) is 62.8 Å². The monoisotopic (exact) mass is 744 g/mol. The number of amides is 3. The van der Waals surface area contributed by atoms with Crippen LogP contribution in [0.3, 0.4) is 0 Å². The third kappa shape index (κ3) is 11.6. The van der Waals surface area contributed by atoms with Gasteiger partial charge in [0.05, 0.1) is 26.1 Å². The van der Waals surface area contributed by atoms with Crippen molar-refractivity contribution in [1.29, 1.82) is 0 Å². The van der Waals surface area contributed by atoms with Crippen LogP contribution >= 0.6 is 0 Å². The molecule has 0 radical (unpaired) electrons. The summed E-state index contributed by atoms with van der Waals surface area (Å²) in [5, 5.41) is 7.52. The van der Waals surface area contributed by atoms with Crippen molar-refractivity contribution in [3.63, 3.8) is 0 Å². The third-order valence-electron chi connectivity index (χ3n) is 8.70. The predicted molar refractivity (Wildman–Crippen MR) is 212 cm³/mol. The van der Waals surface area contributed by atoms with Crippen molar-refractivity contribution in [3.8, 4) is 16.9 Å². The fourth-order valence-electron chi connectivity index (χ4n) is 5.99. The van der Waals surface area contributed by atoms with Crippen LogP contribution < -0.4 is 20.3 Å². The number of esters is 1. The van der Waals surface area contributed by atoms with Crippen molar-refractivity contribution in [3.05, 3.63) is 126 Å². The second kappa shape index (κ2) is 18.7. The fraction of sp³-hybridized carbons (Fsp3) is 0.295. The molecule has 4 aromatic carbocycles. The lowest BCUT2D eigenvalue weighted by Crippen LogP contribution is -2.40. The zero-order chi connectivity index (χ0) is 39.4. The molecule has 2 N–H and O–H groups in total. The highest BCUT2D eigenvalue weighted by molar-refractivity contribution is 6.00. The number of methoxy groups -OCH3 is 1. The third-order valence-corrected chi connectivity index (χ3v) is 8.70. The van der Waals surface area contributed by atoms with E-state index in [2.05, 4.69) is 21.7 Å². The van der Waals surface area contributed by atoms with Gasteiger partial charge in [-0.25, -0.2) is 9.78 Å². The molecule has 3 amide bonds. The number of nitrogens with zero attached hydrogens (tertiary/aromatic N) is 2. The Morgan fingerprint density at radius 2 is 1.56 bits per heavy atom.